The Hall–Kier alpha value is -1.31. The number of hydrogen-bond acceptors (Lipinski definition) is 5. The number of sulfonamides is 1. The molecule has 2 aliphatic rings. The van der Waals surface area contributed by atoms with Gasteiger partial charge in [0.15, 0.2) is 11.5 Å². The van der Waals surface area contributed by atoms with Gasteiger partial charge in [-0.25, -0.2) is 13.1 Å². The molecule has 1 aromatic carbocycles. The Kier molecular flexibility index (Phi) is 3.82. The second kappa shape index (κ2) is 5.59. The normalized spacial score (nSPS) is 19.8. The quantitative estimate of drug-likeness (QED) is 0.849. The van der Waals surface area contributed by atoms with Crippen LogP contribution in [0.25, 0.3) is 0 Å². The average Bonchev–Trinajstić information content (AvgIpc) is 2.47. The van der Waals surface area contributed by atoms with Crippen LogP contribution in [-0.2, 0) is 10.0 Å². The van der Waals surface area contributed by atoms with E-state index in [2.05, 4.69) is 10.0 Å². The van der Waals surface area contributed by atoms with E-state index in [1.54, 1.807) is 12.1 Å². The molecular weight excluding hydrogens is 280 g/mol. The zero-order chi connectivity index (χ0) is 14.0. The topological polar surface area (TPSA) is 76.7 Å². The molecule has 0 aromatic heterocycles. The van der Waals surface area contributed by atoms with Crippen LogP contribution in [0.3, 0.4) is 0 Å². The fraction of sp³-hybridized carbons (Fsp3) is 0.538. The van der Waals surface area contributed by atoms with E-state index in [0.29, 0.717) is 24.7 Å². The van der Waals surface area contributed by atoms with Crippen molar-refractivity contribution in [2.75, 3.05) is 26.3 Å². The number of ether oxygens (including phenoxy) is 2. The SMILES string of the molecule is O=S(=O)(NC1CCNCC1)c1ccc2c(c1)OCCO2. The first kappa shape index (κ1) is 13.7. The Balaban J connectivity index is 1.79. The summed E-state index contributed by atoms with van der Waals surface area (Å²) in [4.78, 5) is 0.222. The van der Waals surface area contributed by atoms with Crippen LogP contribution in [-0.4, -0.2) is 40.8 Å². The second-order valence-electron chi connectivity index (χ2n) is 4.95. The van der Waals surface area contributed by atoms with Gasteiger partial charge < -0.3 is 14.8 Å². The summed E-state index contributed by atoms with van der Waals surface area (Å²) in [6.45, 7) is 2.62. The Morgan fingerprint density at radius 3 is 2.55 bits per heavy atom. The molecule has 0 bridgehead atoms. The van der Waals surface area contributed by atoms with E-state index in [4.69, 9.17) is 9.47 Å². The summed E-state index contributed by atoms with van der Waals surface area (Å²) in [6, 6.07) is 4.72. The van der Waals surface area contributed by atoms with Crippen molar-refractivity contribution in [1.29, 1.82) is 0 Å². The number of nitrogens with one attached hydrogen (secondary N) is 2. The lowest BCUT2D eigenvalue weighted by Crippen LogP contribution is -2.42. The van der Waals surface area contributed by atoms with Gasteiger partial charge in [0.1, 0.15) is 13.2 Å². The predicted molar refractivity (Wildman–Crippen MR) is 73.6 cm³/mol. The highest BCUT2D eigenvalue weighted by Crippen LogP contribution is 2.32. The summed E-state index contributed by atoms with van der Waals surface area (Å²) >= 11 is 0. The van der Waals surface area contributed by atoms with E-state index in [1.807, 2.05) is 0 Å². The monoisotopic (exact) mass is 298 g/mol. The third-order valence-corrected chi connectivity index (χ3v) is 5.00. The highest BCUT2D eigenvalue weighted by atomic mass is 32.2. The Labute approximate surface area is 118 Å². The molecule has 3 rings (SSSR count). The first-order valence-electron chi connectivity index (χ1n) is 6.78. The van der Waals surface area contributed by atoms with E-state index in [1.165, 1.54) is 6.07 Å². The summed E-state index contributed by atoms with van der Waals surface area (Å²) < 4.78 is 38.3. The second-order valence-corrected chi connectivity index (χ2v) is 6.67. The first-order valence-corrected chi connectivity index (χ1v) is 8.26. The molecule has 0 aliphatic carbocycles. The van der Waals surface area contributed by atoms with Gasteiger partial charge in [-0.3, -0.25) is 0 Å². The molecule has 6 nitrogen and oxygen atoms in total. The average molecular weight is 298 g/mol. The summed E-state index contributed by atoms with van der Waals surface area (Å²) in [5.74, 6) is 1.08. The fourth-order valence-electron chi connectivity index (χ4n) is 2.42. The van der Waals surface area contributed by atoms with Crippen molar-refractivity contribution in [3.05, 3.63) is 18.2 Å². The van der Waals surface area contributed by atoms with Crippen molar-refractivity contribution in [1.82, 2.24) is 10.0 Å². The molecule has 2 aliphatic heterocycles. The van der Waals surface area contributed by atoms with Gasteiger partial charge in [0.2, 0.25) is 10.0 Å². The molecule has 1 fully saturated rings. The maximum Gasteiger partial charge on any atom is 0.240 e. The predicted octanol–water partition coefficient (Wildman–Crippen LogP) is 0.488. The number of hydrogen-bond donors (Lipinski definition) is 2. The van der Waals surface area contributed by atoms with E-state index in [-0.39, 0.29) is 10.9 Å². The van der Waals surface area contributed by atoms with Crippen molar-refractivity contribution in [2.24, 2.45) is 0 Å². The molecule has 0 radical (unpaired) electrons. The van der Waals surface area contributed by atoms with Crippen LogP contribution in [0.2, 0.25) is 0 Å². The number of fused-ring (bicyclic) bond motifs is 1. The van der Waals surface area contributed by atoms with Crippen molar-refractivity contribution in [3.63, 3.8) is 0 Å². The van der Waals surface area contributed by atoms with Gasteiger partial charge in [-0.05, 0) is 38.1 Å². The van der Waals surface area contributed by atoms with Gasteiger partial charge in [0.05, 0.1) is 4.90 Å². The lowest BCUT2D eigenvalue weighted by molar-refractivity contribution is 0.171. The van der Waals surface area contributed by atoms with Crippen LogP contribution < -0.4 is 19.5 Å². The van der Waals surface area contributed by atoms with E-state index in [0.717, 1.165) is 25.9 Å². The minimum atomic E-state index is -3.51. The van der Waals surface area contributed by atoms with Gasteiger partial charge in [-0.15, -0.1) is 0 Å². The summed E-state index contributed by atoms with van der Waals surface area (Å²) in [7, 11) is -3.51. The number of benzene rings is 1. The van der Waals surface area contributed by atoms with Crippen LogP contribution in [0.5, 0.6) is 11.5 Å². The number of piperidine rings is 1. The maximum absolute atomic E-state index is 12.4. The summed E-state index contributed by atoms with van der Waals surface area (Å²) in [6.07, 6.45) is 1.62. The van der Waals surface area contributed by atoms with Crippen LogP contribution in [0.1, 0.15) is 12.8 Å². The van der Waals surface area contributed by atoms with Crippen LogP contribution in [0.4, 0.5) is 0 Å². The van der Waals surface area contributed by atoms with E-state index < -0.39 is 10.0 Å². The van der Waals surface area contributed by atoms with Gasteiger partial charge in [-0.2, -0.15) is 0 Å². The molecule has 110 valence electrons. The Bertz CT molecular complexity index is 582. The van der Waals surface area contributed by atoms with Crippen molar-refractivity contribution in [2.45, 2.75) is 23.8 Å². The number of rotatable bonds is 3. The highest BCUT2D eigenvalue weighted by Gasteiger charge is 2.23. The molecule has 0 spiro atoms. The highest BCUT2D eigenvalue weighted by molar-refractivity contribution is 7.89. The lowest BCUT2D eigenvalue weighted by atomic mass is 10.1. The summed E-state index contributed by atoms with van der Waals surface area (Å²) in [5, 5.41) is 3.21. The Morgan fingerprint density at radius 1 is 1.10 bits per heavy atom. The van der Waals surface area contributed by atoms with Gasteiger partial charge >= 0.3 is 0 Å². The fourth-order valence-corrected chi connectivity index (χ4v) is 3.74. The van der Waals surface area contributed by atoms with Crippen LogP contribution in [0, 0.1) is 0 Å². The lowest BCUT2D eigenvalue weighted by Gasteiger charge is -2.24. The zero-order valence-corrected chi connectivity index (χ0v) is 11.9. The van der Waals surface area contributed by atoms with Crippen molar-refractivity contribution >= 4 is 10.0 Å². The molecule has 0 unspecified atom stereocenters. The minimum Gasteiger partial charge on any atom is -0.486 e. The molecule has 1 saturated heterocycles. The molecule has 2 heterocycles. The maximum atomic E-state index is 12.4. The smallest absolute Gasteiger partial charge is 0.240 e. The molecule has 1 aromatic rings. The van der Waals surface area contributed by atoms with E-state index >= 15 is 0 Å². The molecule has 0 amide bonds. The molecule has 2 N–H and O–H groups in total. The van der Waals surface area contributed by atoms with Crippen LogP contribution >= 0.6 is 0 Å². The first-order chi connectivity index (χ1) is 9.65. The molecule has 7 heteroatoms. The van der Waals surface area contributed by atoms with Gasteiger partial charge in [-0.1, -0.05) is 0 Å². The third kappa shape index (κ3) is 2.89. The van der Waals surface area contributed by atoms with E-state index in [9.17, 15) is 8.42 Å². The van der Waals surface area contributed by atoms with Crippen LogP contribution in [0.15, 0.2) is 23.1 Å². The van der Waals surface area contributed by atoms with Crippen molar-refractivity contribution in [3.8, 4) is 11.5 Å². The molecule has 0 saturated carbocycles. The zero-order valence-electron chi connectivity index (χ0n) is 11.1. The largest absolute Gasteiger partial charge is 0.486 e. The van der Waals surface area contributed by atoms with Gasteiger partial charge in [0, 0.05) is 12.1 Å². The van der Waals surface area contributed by atoms with Crippen molar-refractivity contribution < 1.29 is 17.9 Å². The molecule has 20 heavy (non-hydrogen) atoms. The summed E-state index contributed by atoms with van der Waals surface area (Å²) in [5.41, 5.74) is 0. The molecule has 0 atom stereocenters. The minimum absolute atomic E-state index is 0.00514. The standard InChI is InChI=1S/C13H18N2O4S/c16-20(17,15-10-3-5-14-6-4-10)11-1-2-12-13(9-11)19-8-7-18-12/h1-2,9-10,14-15H,3-8H2. The molecular formula is C13H18N2O4S. The van der Waals surface area contributed by atoms with Gasteiger partial charge in [0.25, 0.3) is 0 Å². The Morgan fingerprint density at radius 2 is 1.80 bits per heavy atom. The third-order valence-electron chi connectivity index (χ3n) is 3.48.